The maximum Gasteiger partial charge on any atom is 0.311 e. The van der Waals surface area contributed by atoms with Crippen LogP contribution in [0.4, 0.5) is 22.0 Å². The molecule has 5 aromatic rings. The fraction of sp³-hybridized carbons (Fsp3) is 0.300. The van der Waals surface area contributed by atoms with Gasteiger partial charge in [-0.2, -0.15) is 21.8 Å². The molecule has 1 aromatic heterocycles. The lowest BCUT2D eigenvalue weighted by atomic mass is 10.0. The number of aryl methyl sites for hydroxylation is 2. The van der Waals surface area contributed by atoms with Gasteiger partial charge in [-0.3, -0.25) is 18.9 Å². The van der Waals surface area contributed by atoms with Crippen LogP contribution in [0, 0.1) is 36.0 Å². The molecule has 2 N–H and O–H groups in total. The van der Waals surface area contributed by atoms with E-state index in [2.05, 4.69) is 10.1 Å². The highest BCUT2D eigenvalue weighted by atomic mass is 32.2. The summed E-state index contributed by atoms with van der Waals surface area (Å²) in [5.41, 5.74) is 1.87. The minimum Gasteiger partial charge on any atom is -0.420 e. The Labute approximate surface area is 336 Å². The van der Waals surface area contributed by atoms with Gasteiger partial charge in [0.05, 0.1) is 27.0 Å². The van der Waals surface area contributed by atoms with Crippen molar-refractivity contribution in [1.82, 2.24) is 9.62 Å². The molecule has 0 saturated heterocycles. The van der Waals surface area contributed by atoms with E-state index in [9.17, 15) is 57.7 Å². The van der Waals surface area contributed by atoms with Gasteiger partial charge < -0.3 is 10.1 Å². The lowest BCUT2D eigenvalue weighted by Crippen LogP contribution is -2.41. The van der Waals surface area contributed by atoms with E-state index >= 15 is 0 Å². The molecule has 0 radical (unpaired) electrons. The van der Waals surface area contributed by atoms with E-state index in [-0.39, 0.29) is 55.8 Å². The monoisotopic (exact) mass is 864 g/mol. The summed E-state index contributed by atoms with van der Waals surface area (Å²) in [7, 11) is -8.74. The smallest absolute Gasteiger partial charge is 0.311 e. The number of nitrogens with one attached hydrogen (secondary N) is 1. The van der Waals surface area contributed by atoms with Crippen molar-refractivity contribution >= 4 is 59.7 Å². The zero-order valence-corrected chi connectivity index (χ0v) is 33.2. The molecule has 0 saturated carbocycles. The number of amides is 2. The number of nitrogens with zero attached hydrogens (tertiary/aromatic N) is 2. The van der Waals surface area contributed by atoms with E-state index < -0.39 is 84.9 Å². The largest absolute Gasteiger partial charge is 0.420 e. The van der Waals surface area contributed by atoms with Crippen molar-refractivity contribution in [3.05, 3.63) is 113 Å². The van der Waals surface area contributed by atoms with Crippen molar-refractivity contribution in [2.75, 3.05) is 18.8 Å². The fourth-order valence-corrected chi connectivity index (χ4v) is 8.30. The lowest BCUT2D eigenvalue weighted by Gasteiger charge is -2.24. The number of hydrogen-bond acceptors (Lipinski definition) is 8. The first kappa shape index (κ1) is 44.6. The summed E-state index contributed by atoms with van der Waals surface area (Å²) in [4.78, 5) is 39.3. The topological polar surface area (TPSA) is 168 Å². The Morgan fingerprint density at radius 3 is 1.85 bits per heavy atom. The van der Waals surface area contributed by atoms with Crippen molar-refractivity contribution in [3.63, 3.8) is 0 Å². The van der Waals surface area contributed by atoms with Gasteiger partial charge in [0, 0.05) is 44.5 Å². The number of fused-ring (bicyclic) bond motifs is 2. The highest BCUT2D eigenvalue weighted by molar-refractivity contribution is 7.89. The van der Waals surface area contributed by atoms with E-state index in [4.69, 9.17) is 0 Å². The number of ether oxygens (including phenoxy) is 1. The van der Waals surface area contributed by atoms with Crippen LogP contribution < -0.4 is 14.6 Å². The normalized spacial score (nSPS) is 11.8. The number of carbonyl (C=O) groups excluding carboxylic acids is 3. The molecular weight excluding hydrogens is 826 g/mol. The Morgan fingerprint density at radius 1 is 0.712 bits per heavy atom. The minimum atomic E-state index is -4.49. The summed E-state index contributed by atoms with van der Waals surface area (Å²) in [5.74, 6) is -16.2. The number of rotatable bonds is 18. The van der Waals surface area contributed by atoms with Gasteiger partial charge in [-0.15, -0.1) is 0 Å². The molecule has 0 fully saturated rings. The molecule has 59 heavy (non-hydrogen) atoms. The molecule has 314 valence electrons. The van der Waals surface area contributed by atoms with Gasteiger partial charge in [0.1, 0.15) is 0 Å². The van der Waals surface area contributed by atoms with Crippen LogP contribution in [-0.4, -0.2) is 62.3 Å². The van der Waals surface area contributed by atoms with E-state index in [0.717, 1.165) is 9.87 Å². The number of pyridine rings is 1. The average Bonchev–Trinajstić information content (AvgIpc) is 3.20. The molecule has 12 nitrogen and oxygen atoms in total. The number of benzene rings is 4. The molecule has 0 aliphatic carbocycles. The quantitative estimate of drug-likeness (QED) is 0.0116. The van der Waals surface area contributed by atoms with Gasteiger partial charge in [0.15, 0.2) is 6.54 Å². The second-order valence-electron chi connectivity index (χ2n) is 13.5. The molecule has 0 bridgehead atoms. The molecule has 19 heteroatoms. The van der Waals surface area contributed by atoms with Crippen LogP contribution in [0.2, 0.25) is 0 Å². The first-order chi connectivity index (χ1) is 27.9. The number of carbonyl (C=O) groups is 3. The average molecular weight is 865 g/mol. The van der Waals surface area contributed by atoms with Crippen LogP contribution in [0.3, 0.4) is 0 Å². The highest BCUT2D eigenvalue weighted by Gasteiger charge is 2.34. The summed E-state index contributed by atoms with van der Waals surface area (Å²) in [6.07, 6.45) is 0.0562. The minimum absolute atomic E-state index is 0.0470. The zero-order valence-electron chi connectivity index (χ0n) is 31.5. The molecule has 2 amide bonds. The molecule has 1 heterocycles. The number of sulfonamides is 1. The van der Waals surface area contributed by atoms with E-state index in [1.807, 2.05) is 0 Å². The summed E-state index contributed by atoms with van der Waals surface area (Å²) in [5, 5.41) is 3.42. The Balaban J connectivity index is 1.27. The van der Waals surface area contributed by atoms with Crippen molar-refractivity contribution in [2.45, 2.75) is 63.3 Å². The first-order valence-corrected chi connectivity index (χ1v) is 21.4. The first-order valence-electron chi connectivity index (χ1n) is 18.3. The van der Waals surface area contributed by atoms with E-state index in [1.165, 1.54) is 12.1 Å². The van der Waals surface area contributed by atoms with Crippen LogP contribution in [0.5, 0.6) is 5.75 Å². The number of aromatic nitrogens is 1. The Hall–Kier alpha value is -5.53. The maximum atomic E-state index is 14.7. The van der Waals surface area contributed by atoms with Gasteiger partial charge in [-0.1, -0.05) is 48.4 Å². The predicted octanol–water partition coefficient (Wildman–Crippen LogP) is 6.46. The van der Waals surface area contributed by atoms with Crippen LogP contribution >= 0.6 is 0 Å². The molecule has 0 aliphatic heterocycles. The fourth-order valence-electron chi connectivity index (χ4n) is 6.39. The van der Waals surface area contributed by atoms with Crippen LogP contribution in [0.25, 0.3) is 21.8 Å². The molecule has 0 aliphatic rings. The molecule has 4 aromatic carbocycles. The summed E-state index contributed by atoms with van der Waals surface area (Å²) < 4.78 is 135. The summed E-state index contributed by atoms with van der Waals surface area (Å²) in [6, 6.07) is 19.4. The van der Waals surface area contributed by atoms with Gasteiger partial charge in [-0.25, -0.2) is 25.9 Å². The third-order valence-corrected chi connectivity index (χ3v) is 11.9. The Kier molecular flexibility index (Phi) is 14.4. The third kappa shape index (κ3) is 10.6. The number of esters is 1. The molecule has 0 unspecified atom stereocenters. The maximum absolute atomic E-state index is 14.7. The third-order valence-electron chi connectivity index (χ3n) is 9.29. The van der Waals surface area contributed by atoms with Gasteiger partial charge in [0.25, 0.3) is 26.0 Å². The standard InChI is InChI=1S/C40H38F5N3O9S2/c1-25-17-19-26(20-18-25)59(55,56)48(23-9-15-31(49)46-21-8-2-3-16-32(50)57-39-37(44)35(42)34(41)36(43)38(39)45)40(51)33-27-11-4-6-13-29(27)47(22-10-24-58(52,53)54)30-14-7-5-12-28(30)33/h4-7,11-14,17-20H,2-3,8-10,15-16,21-24H2,1H3,(H-,46,49,52,53,54)/p+1. The van der Waals surface area contributed by atoms with E-state index in [1.54, 1.807) is 72.2 Å². The molecular formula is C40H39F5N3O9S2+. The van der Waals surface area contributed by atoms with Crippen LogP contribution in [0.15, 0.2) is 77.7 Å². The van der Waals surface area contributed by atoms with Gasteiger partial charge in [0.2, 0.25) is 51.8 Å². The SMILES string of the molecule is Cc1ccc(S(=O)(=O)N(CCCC(=O)NCCCCCC(=O)Oc2c(F)c(F)c(F)c(F)c2F)C(=O)c2c3ccccc3[n+](CCCS(=O)(=O)O)c3ccccc23)cc1. The van der Waals surface area contributed by atoms with Gasteiger partial charge in [-0.05, 0) is 50.5 Å². The second kappa shape index (κ2) is 19.0. The van der Waals surface area contributed by atoms with Gasteiger partial charge >= 0.3 is 5.97 Å². The number of para-hydroxylation sites is 2. The van der Waals surface area contributed by atoms with Crippen molar-refractivity contribution in [1.29, 1.82) is 0 Å². The molecule has 5 rings (SSSR count). The number of halogens is 5. The second-order valence-corrected chi connectivity index (χ2v) is 17.0. The summed E-state index contributed by atoms with van der Waals surface area (Å²) in [6.45, 7) is 1.64. The van der Waals surface area contributed by atoms with Crippen LogP contribution in [0.1, 0.15) is 60.9 Å². The molecule has 0 atom stereocenters. The lowest BCUT2D eigenvalue weighted by molar-refractivity contribution is -0.645. The Morgan fingerprint density at radius 2 is 1.27 bits per heavy atom. The summed E-state index contributed by atoms with van der Waals surface area (Å²) >= 11 is 0. The highest BCUT2D eigenvalue weighted by Crippen LogP contribution is 2.31. The van der Waals surface area contributed by atoms with E-state index in [0.29, 0.717) is 34.6 Å². The van der Waals surface area contributed by atoms with Crippen molar-refractivity contribution in [3.8, 4) is 5.75 Å². The number of unbranched alkanes of at least 4 members (excludes halogenated alkanes) is 2. The number of hydrogen-bond donors (Lipinski definition) is 2. The Bertz CT molecular complexity index is 2540. The van der Waals surface area contributed by atoms with Crippen LogP contribution in [-0.2, 0) is 36.3 Å². The molecule has 0 spiro atoms. The predicted molar refractivity (Wildman–Crippen MR) is 205 cm³/mol. The zero-order chi connectivity index (χ0) is 43.1. The van der Waals surface area contributed by atoms with Crippen molar-refractivity contribution < 1.29 is 67.0 Å². The van der Waals surface area contributed by atoms with Crippen molar-refractivity contribution in [2.24, 2.45) is 0 Å².